The predicted molar refractivity (Wildman–Crippen MR) is 77.7 cm³/mol. The minimum atomic E-state index is -0.510. The number of nitrogens with zero attached hydrogens (tertiary/aromatic N) is 1. The number of benzene rings is 1. The Hall–Kier alpha value is -2.37. The highest BCUT2D eigenvalue weighted by atomic mass is 16.5. The first-order valence-corrected chi connectivity index (χ1v) is 6.70. The highest BCUT2D eigenvalue weighted by molar-refractivity contribution is 5.84. The van der Waals surface area contributed by atoms with E-state index in [-0.39, 0.29) is 23.8 Å². The van der Waals surface area contributed by atoms with Crippen LogP contribution < -0.4 is 9.64 Å². The second-order valence-electron chi connectivity index (χ2n) is 4.25. The van der Waals surface area contributed by atoms with Crippen molar-refractivity contribution >= 4 is 23.9 Å². The van der Waals surface area contributed by atoms with E-state index in [1.807, 2.05) is 6.92 Å². The fraction of sp³-hybridized carbons (Fsp3) is 0.400. The molecule has 0 N–H and O–H groups in total. The molecule has 0 unspecified atom stereocenters. The summed E-state index contributed by atoms with van der Waals surface area (Å²) in [4.78, 5) is 35.3. The van der Waals surface area contributed by atoms with Crippen LogP contribution in [0.4, 0.5) is 5.69 Å². The molecular weight excluding hydrogens is 274 g/mol. The lowest BCUT2D eigenvalue weighted by atomic mass is 10.2. The molecule has 1 aromatic carbocycles. The summed E-state index contributed by atoms with van der Waals surface area (Å²) in [6, 6.07) is 4.81. The summed E-state index contributed by atoms with van der Waals surface area (Å²) in [5.41, 5.74) is 0.952. The van der Waals surface area contributed by atoms with Gasteiger partial charge in [-0.3, -0.25) is 14.4 Å². The van der Waals surface area contributed by atoms with E-state index >= 15 is 0 Å². The number of carbonyl (C=O) groups excluding carboxylic acids is 3. The number of rotatable bonds is 7. The van der Waals surface area contributed by atoms with Gasteiger partial charge in [0.15, 0.2) is 6.29 Å². The molecule has 0 atom stereocenters. The molecule has 0 fully saturated rings. The molecule has 0 saturated carbocycles. The second kappa shape index (κ2) is 8.04. The smallest absolute Gasteiger partial charge is 0.325 e. The van der Waals surface area contributed by atoms with Crippen molar-refractivity contribution in [2.24, 2.45) is 0 Å². The summed E-state index contributed by atoms with van der Waals surface area (Å²) in [7, 11) is 0. The van der Waals surface area contributed by atoms with E-state index in [1.165, 1.54) is 6.92 Å². The maximum Gasteiger partial charge on any atom is 0.325 e. The number of aldehydes is 1. The third kappa shape index (κ3) is 4.91. The summed E-state index contributed by atoms with van der Waals surface area (Å²) in [6.07, 6.45) is 0.615. The zero-order chi connectivity index (χ0) is 15.8. The molecule has 6 heteroatoms. The van der Waals surface area contributed by atoms with E-state index in [0.717, 1.165) is 0 Å². The van der Waals surface area contributed by atoms with Gasteiger partial charge in [-0.15, -0.1) is 0 Å². The number of esters is 2. The number of ether oxygens (including phenoxy) is 2. The Kier molecular flexibility index (Phi) is 6.39. The van der Waals surface area contributed by atoms with Gasteiger partial charge < -0.3 is 14.4 Å². The Morgan fingerprint density at radius 3 is 2.52 bits per heavy atom. The molecular formula is C15H19NO5. The van der Waals surface area contributed by atoms with E-state index in [4.69, 9.17) is 9.47 Å². The lowest BCUT2D eigenvalue weighted by Crippen LogP contribution is -2.30. The van der Waals surface area contributed by atoms with Crippen LogP contribution in [-0.4, -0.2) is 37.9 Å². The van der Waals surface area contributed by atoms with Gasteiger partial charge in [0, 0.05) is 25.2 Å². The predicted octanol–water partition coefficient (Wildman–Crippen LogP) is 1.81. The monoisotopic (exact) mass is 293 g/mol. The van der Waals surface area contributed by atoms with Crippen molar-refractivity contribution in [1.82, 2.24) is 0 Å². The van der Waals surface area contributed by atoms with Gasteiger partial charge in [-0.25, -0.2) is 0 Å². The minimum Gasteiger partial charge on any atom is -0.465 e. The fourth-order valence-corrected chi connectivity index (χ4v) is 1.81. The number of hydrogen-bond donors (Lipinski definition) is 0. The van der Waals surface area contributed by atoms with Crippen LogP contribution in [0.25, 0.3) is 0 Å². The molecule has 0 radical (unpaired) electrons. The van der Waals surface area contributed by atoms with E-state index in [9.17, 15) is 14.4 Å². The van der Waals surface area contributed by atoms with E-state index in [2.05, 4.69) is 0 Å². The molecule has 0 aromatic heterocycles. The van der Waals surface area contributed by atoms with Crippen molar-refractivity contribution in [3.8, 4) is 5.75 Å². The van der Waals surface area contributed by atoms with Crippen LogP contribution in [0.1, 0.15) is 31.1 Å². The molecule has 1 rings (SSSR count). The molecule has 0 amide bonds. The van der Waals surface area contributed by atoms with Gasteiger partial charge in [-0.1, -0.05) is 0 Å². The van der Waals surface area contributed by atoms with Crippen LogP contribution in [0, 0.1) is 0 Å². The van der Waals surface area contributed by atoms with Crippen molar-refractivity contribution in [2.45, 2.75) is 20.8 Å². The van der Waals surface area contributed by atoms with Crippen LogP contribution in [0.5, 0.6) is 5.75 Å². The van der Waals surface area contributed by atoms with Gasteiger partial charge in [-0.2, -0.15) is 0 Å². The van der Waals surface area contributed by atoms with Gasteiger partial charge in [0.2, 0.25) is 0 Å². The van der Waals surface area contributed by atoms with E-state index in [0.29, 0.717) is 25.1 Å². The molecule has 21 heavy (non-hydrogen) atoms. The first-order valence-electron chi connectivity index (χ1n) is 6.70. The van der Waals surface area contributed by atoms with Crippen molar-refractivity contribution in [2.75, 3.05) is 24.6 Å². The average molecular weight is 293 g/mol. The molecule has 0 heterocycles. The van der Waals surface area contributed by atoms with Crippen LogP contribution in [0.2, 0.25) is 0 Å². The Labute approximate surface area is 123 Å². The fourth-order valence-electron chi connectivity index (χ4n) is 1.81. The number of anilines is 1. The summed E-state index contributed by atoms with van der Waals surface area (Å²) in [5.74, 6) is -0.672. The normalized spacial score (nSPS) is 9.86. The molecule has 0 saturated heterocycles. The molecule has 114 valence electrons. The van der Waals surface area contributed by atoms with Crippen molar-refractivity contribution in [3.05, 3.63) is 23.8 Å². The first kappa shape index (κ1) is 16.7. The number of likely N-dealkylation sites (N-methyl/N-ethyl adjacent to an activating group) is 1. The topological polar surface area (TPSA) is 72.9 Å². The first-order chi connectivity index (χ1) is 10.0. The second-order valence-corrected chi connectivity index (χ2v) is 4.25. The Morgan fingerprint density at radius 1 is 1.29 bits per heavy atom. The molecule has 0 spiro atoms. The zero-order valence-corrected chi connectivity index (χ0v) is 12.4. The van der Waals surface area contributed by atoms with Crippen molar-refractivity contribution < 1.29 is 23.9 Å². The number of carbonyl (C=O) groups is 3. The third-order valence-corrected chi connectivity index (χ3v) is 2.75. The van der Waals surface area contributed by atoms with Gasteiger partial charge in [0.25, 0.3) is 0 Å². The lowest BCUT2D eigenvalue weighted by molar-refractivity contribution is -0.141. The molecule has 1 aromatic rings. The summed E-state index contributed by atoms with van der Waals surface area (Å²) in [5, 5.41) is 0. The van der Waals surface area contributed by atoms with Gasteiger partial charge >= 0.3 is 11.9 Å². The minimum absolute atomic E-state index is 0.0876. The molecule has 6 nitrogen and oxygen atoms in total. The SMILES string of the molecule is CCOC(=O)CN(CC)c1ccc(C=O)c(OC(C)=O)c1. The standard InChI is InChI=1S/C15H19NO5/c1-4-16(9-15(19)20-5-2)13-7-6-12(10-17)14(8-13)21-11(3)18/h6-8,10H,4-5,9H2,1-3H3. The van der Waals surface area contributed by atoms with Crippen LogP contribution in [-0.2, 0) is 14.3 Å². The maximum atomic E-state index is 11.6. The molecule has 0 bridgehead atoms. The molecule has 0 aliphatic heterocycles. The average Bonchev–Trinajstić information content (AvgIpc) is 2.44. The van der Waals surface area contributed by atoms with Gasteiger partial charge in [0.05, 0.1) is 12.2 Å². The van der Waals surface area contributed by atoms with Crippen molar-refractivity contribution in [3.63, 3.8) is 0 Å². The largest absolute Gasteiger partial charge is 0.465 e. The zero-order valence-electron chi connectivity index (χ0n) is 12.4. The Morgan fingerprint density at radius 2 is 2.00 bits per heavy atom. The van der Waals surface area contributed by atoms with Crippen molar-refractivity contribution in [1.29, 1.82) is 0 Å². The highest BCUT2D eigenvalue weighted by Gasteiger charge is 2.14. The van der Waals surface area contributed by atoms with Gasteiger partial charge in [0.1, 0.15) is 12.3 Å². The Balaban J connectivity index is 3.01. The molecule has 0 aliphatic rings. The molecule has 0 aliphatic carbocycles. The quantitative estimate of drug-likeness (QED) is 0.434. The number of hydrogen-bond acceptors (Lipinski definition) is 6. The van der Waals surface area contributed by atoms with Crippen LogP contribution in [0.3, 0.4) is 0 Å². The summed E-state index contributed by atoms with van der Waals surface area (Å²) < 4.78 is 9.92. The van der Waals surface area contributed by atoms with Crippen LogP contribution in [0.15, 0.2) is 18.2 Å². The highest BCUT2D eigenvalue weighted by Crippen LogP contribution is 2.25. The van der Waals surface area contributed by atoms with Crippen LogP contribution >= 0.6 is 0 Å². The third-order valence-electron chi connectivity index (χ3n) is 2.75. The lowest BCUT2D eigenvalue weighted by Gasteiger charge is -2.22. The summed E-state index contributed by atoms with van der Waals surface area (Å²) >= 11 is 0. The summed E-state index contributed by atoms with van der Waals surface area (Å²) in [6.45, 7) is 5.86. The van der Waals surface area contributed by atoms with Gasteiger partial charge in [-0.05, 0) is 26.0 Å². The van der Waals surface area contributed by atoms with E-state index in [1.54, 1.807) is 30.0 Å². The Bertz CT molecular complexity index is 527. The van der Waals surface area contributed by atoms with E-state index < -0.39 is 5.97 Å². The maximum absolute atomic E-state index is 11.6.